The zero-order chi connectivity index (χ0) is 23.0. The third-order valence-electron chi connectivity index (χ3n) is 4.21. The highest BCUT2D eigenvalue weighted by atomic mass is 32.2. The Balaban J connectivity index is 1.73. The molecule has 0 bridgehead atoms. The Morgan fingerprint density at radius 2 is 1.47 bits per heavy atom. The molecule has 166 valence electrons. The van der Waals surface area contributed by atoms with E-state index in [1.54, 1.807) is 36.0 Å². The molecule has 32 heavy (non-hydrogen) atoms. The predicted molar refractivity (Wildman–Crippen MR) is 117 cm³/mol. The van der Waals surface area contributed by atoms with E-state index in [1.807, 2.05) is 48.5 Å². The quantitative estimate of drug-likeness (QED) is 0.381. The fourth-order valence-electron chi connectivity index (χ4n) is 2.85. The Labute approximate surface area is 187 Å². The van der Waals surface area contributed by atoms with E-state index in [2.05, 4.69) is 4.74 Å². The molecular weight excluding hydrogens is 441 g/mol. The van der Waals surface area contributed by atoms with Gasteiger partial charge in [0.15, 0.2) is 6.61 Å². The minimum Gasteiger partial charge on any atom is -0.482 e. The van der Waals surface area contributed by atoms with Gasteiger partial charge in [0.2, 0.25) is 0 Å². The summed E-state index contributed by atoms with van der Waals surface area (Å²) in [6, 6.07) is 22.4. The molecule has 0 aromatic heterocycles. The standard InChI is InChI=1S/C24H19F3O4S/c25-24(26,27)31-20-8-6-18(7-9-20)22(17-4-2-1-3-5-17)14-15-32-21-12-10-19(11-13-21)30-16-23(28)29/h1-14H,15-16H2,(H,28,29)/b22-14+. The Hall–Kier alpha value is -3.39. The summed E-state index contributed by atoms with van der Waals surface area (Å²) in [6.45, 7) is -0.400. The Morgan fingerprint density at radius 3 is 2.06 bits per heavy atom. The fourth-order valence-corrected chi connectivity index (χ4v) is 3.63. The third kappa shape index (κ3) is 7.39. The molecule has 8 heteroatoms. The molecule has 0 aliphatic rings. The number of hydrogen-bond acceptors (Lipinski definition) is 4. The molecule has 1 N–H and O–H groups in total. The highest BCUT2D eigenvalue weighted by Gasteiger charge is 2.31. The van der Waals surface area contributed by atoms with Crippen LogP contribution in [0.2, 0.25) is 0 Å². The van der Waals surface area contributed by atoms with E-state index in [4.69, 9.17) is 9.84 Å². The van der Waals surface area contributed by atoms with E-state index >= 15 is 0 Å². The van der Waals surface area contributed by atoms with Crippen LogP contribution >= 0.6 is 11.8 Å². The van der Waals surface area contributed by atoms with Crippen LogP contribution in [-0.4, -0.2) is 29.8 Å². The van der Waals surface area contributed by atoms with Gasteiger partial charge in [-0.1, -0.05) is 48.5 Å². The van der Waals surface area contributed by atoms with Crippen molar-refractivity contribution in [2.45, 2.75) is 11.3 Å². The van der Waals surface area contributed by atoms with Gasteiger partial charge in [-0.25, -0.2) is 4.79 Å². The average molecular weight is 460 g/mol. The Morgan fingerprint density at radius 1 is 0.875 bits per heavy atom. The van der Waals surface area contributed by atoms with E-state index in [-0.39, 0.29) is 5.75 Å². The van der Waals surface area contributed by atoms with E-state index < -0.39 is 18.9 Å². The number of alkyl halides is 3. The van der Waals surface area contributed by atoms with E-state index in [1.165, 1.54) is 12.1 Å². The lowest BCUT2D eigenvalue weighted by molar-refractivity contribution is -0.274. The number of carboxylic acid groups (broad SMARTS) is 1. The first-order chi connectivity index (χ1) is 15.3. The summed E-state index contributed by atoms with van der Waals surface area (Å²) in [6.07, 6.45) is -2.72. The maximum atomic E-state index is 12.4. The van der Waals surface area contributed by atoms with Crippen LogP contribution in [0.5, 0.6) is 11.5 Å². The minimum atomic E-state index is -4.73. The molecule has 0 heterocycles. The van der Waals surface area contributed by atoms with Gasteiger partial charge in [-0.2, -0.15) is 0 Å². The molecule has 3 rings (SSSR count). The van der Waals surface area contributed by atoms with Gasteiger partial charge >= 0.3 is 12.3 Å². The molecule has 0 atom stereocenters. The normalized spacial score (nSPS) is 11.8. The SMILES string of the molecule is O=C(O)COc1ccc(SC/C=C(\c2ccccc2)c2ccc(OC(F)(F)F)cc2)cc1. The second kappa shape index (κ2) is 10.8. The molecule has 0 amide bonds. The average Bonchev–Trinajstić information content (AvgIpc) is 2.76. The van der Waals surface area contributed by atoms with Crippen LogP contribution in [0, 0.1) is 0 Å². The van der Waals surface area contributed by atoms with Crippen molar-refractivity contribution in [1.29, 1.82) is 0 Å². The summed E-state index contributed by atoms with van der Waals surface area (Å²) in [7, 11) is 0. The number of benzene rings is 3. The largest absolute Gasteiger partial charge is 0.573 e. The molecule has 0 spiro atoms. The number of aliphatic carboxylic acids is 1. The van der Waals surface area contributed by atoms with Gasteiger partial charge in [0.25, 0.3) is 0 Å². The second-order valence-electron chi connectivity index (χ2n) is 6.52. The van der Waals surface area contributed by atoms with Gasteiger partial charge in [0.1, 0.15) is 11.5 Å². The summed E-state index contributed by atoms with van der Waals surface area (Å²) in [4.78, 5) is 11.5. The van der Waals surface area contributed by atoms with Crippen molar-refractivity contribution in [2.75, 3.05) is 12.4 Å². The highest BCUT2D eigenvalue weighted by molar-refractivity contribution is 7.99. The first-order valence-corrected chi connectivity index (χ1v) is 10.5. The molecule has 0 aliphatic heterocycles. The van der Waals surface area contributed by atoms with E-state index in [9.17, 15) is 18.0 Å². The highest BCUT2D eigenvalue weighted by Crippen LogP contribution is 2.29. The van der Waals surface area contributed by atoms with Crippen LogP contribution in [0.15, 0.2) is 89.8 Å². The molecule has 0 saturated heterocycles. The van der Waals surface area contributed by atoms with Crippen LogP contribution in [0.1, 0.15) is 11.1 Å². The molecule has 0 fully saturated rings. The van der Waals surface area contributed by atoms with Crippen LogP contribution < -0.4 is 9.47 Å². The number of rotatable bonds is 9. The monoisotopic (exact) mass is 460 g/mol. The smallest absolute Gasteiger partial charge is 0.482 e. The van der Waals surface area contributed by atoms with Crippen molar-refractivity contribution in [3.8, 4) is 11.5 Å². The lowest BCUT2D eigenvalue weighted by Crippen LogP contribution is -2.17. The zero-order valence-electron chi connectivity index (χ0n) is 16.7. The summed E-state index contributed by atoms with van der Waals surface area (Å²) < 4.78 is 46.4. The lowest BCUT2D eigenvalue weighted by atomic mass is 9.98. The summed E-state index contributed by atoms with van der Waals surface area (Å²) in [5.41, 5.74) is 2.59. The number of ether oxygens (including phenoxy) is 2. The Bertz CT molecular complexity index is 1050. The maximum absolute atomic E-state index is 12.4. The first kappa shape index (κ1) is 23.3. The van der Waals surface area contributed by atoms with Gasteiger partial charge in [-0.05, 0) is 53.1 Å². The van der Waals surface area contributed by atoms with Gasteiger partial charge in [0, 0.05) is 10.6 Å². The number of halogens is 3. The number of thioether (sulfide) groups is 1. The summed E-state index contributed by atoms with van der Waals surface area (Å²) in [5, 5.41) is 8.66. The van der Waals surface area contributed by atoms with Crippen LogP contribution in [0.3, 0.4) is 0 Å². The van der Waals surface area contributed by atoms with Crippen molar-refractivity contribution >= 4 is 23.3 Å². The lowest BCUT2D eigenvalue weighted by Gasteiger charge is -2.12. The van der Waals surface area contributed by atoms with Crippen molar-refractivity contribution in [2.24, 2.45) is 0 Å². The predicted octanol–water partition coefficient (Wildman–Crippen LogP) is 6.27. The maximum Gasteiger partial charge on any atom is 0.573 e. The van der Waals surface area contributed by atoms with Crippen molar-refractivity contribution < 1.29 is 32.5 Å². The van der Waals surface area contributed by atoms with Gasteiger partial charge in [-0.15, -0.1) is 24.9 Å². The molecule has 0 radical (unpaired) electrons. The third-order valence-corrected chi connectivity index (χ3v) is 5.15. The van der Waals surface area contributed by atoms with Crippen LogP contribution in [0.4, 0.5) is 13.2 Å². The number of carbonyl (C=O) groups is 1. The van der Waals surface area contributed by atoms with E-state index in [0.717, 1.165) is 21.6 Å². The molecule has 0 aliphatic carbocycles. The first-order valence-electron chi connectivity index (χ1n) is 9.49. The molecule has 3 aromatic carbocycles. The fraction of sp³-hybridized carbons (Fsp3) is 0.125. The van der Waals surface area contributed by atoms with Crippen LogP contribution in [0.25, 0.3) is 5.57 Å². The van der Waals surface area contributed by atoms with Gasteiger partial charge < -0.3 is 14.6 Å². The van der Waals surface area contributed by atoms with Crippen LogP contribution in [-0.2, 0) is 4.79 Å². The molecule has 0 saturated carbocycles. The Kier molecular flexibility index (Phi) is 7.83. The van der Waals surface area contributed by atoms with Gasteiger partial charge in [-0.3, -0.25) is 0 Å². The molecular formula is C24H19F3O4S. The molecule has 3 aromatic rings. The summed E-state index contributed by atoms with van der Waals surface area (Å²) in [5.74, 6) is -0.230. The van der Waals surface area contributed by atoms with E-state index in [0.29, 0.717) is 11.5 Å². The number of carboxylic acids is 1. The second-order valence-corrected chi connectivity index (χ2v) is 7.61. The van der Waals surface area contributed by atoms with Gasteiger partial charge in [0.05, 0.1) is 0 Å². The van der Waals surface area contributed by atoms with Crippen molar-refractivity contribution in [1.82, 2.24) is 0 Å². The van der Waals surface area contributed by atoms with Crippen molar-refractivity contribution in [3.05, 3.63) is 96.1 Å². The zero-order valence-corrected chi connectivity index (χ0v) is 17.5. The number of hydrogen-bond donors (Lipinski definition) is 1. The molecule has 0 unspecified atom stereocenters. The minimum absolute atomic E-state index is 0.270. The molecule has 4 nitrogen and oxygen atoms in total. The summed E-state index contributed by atoms with van der Waals surface area (Å²) >= 11 is 1.56. The topological polar surface area (TPSA) is 55.8 Å². The van der Waals surface area contributed by atoms with Crippen molar-refractivity contribution in [3.63, 3.8) is 0 Å².